The first-order chi connectivity index (χ1) is 21.7. The van der Waals surface area contributed by atoms with E-state index in [4.69, 9.17) is 4.74 Å². The molecule has 0 radical (unpaired) electrons. The normalized spacial score (nSPS) is 19.2. The number of carbonyl (C=O) groups excluding carboxylic acids is 1. The SMILES string of the molecule is COc1cc(F)c(C(=O)NC2CCN(C)CC2)cc1Nc1ncc(C(C)(F)F)c(NC2Cc3ccccc3C2N(C)S(C)(=O)=O)n1. The summed E-state index contributed by atoms with van der Waals surface area (Å²) < 4.78 is 76.4. The predicted molar refractivity (Wildman–Crippen MR) is 169 cm³/mol. The molecule has 248 valence electrons. The summed E-state index contributed by atoms with van der Waals surface area (Å²) in [6.45, 7) is 2.33. The maximum atomic E-state index is 15.0. The number of carbonyl (C=O) groups is 1. The van der Waals surface area contributed by atoms with E-state index in [1.165, 1.54) is 24.5 Å². The Hall–Kier alpha value is -3.95. The molecule has 46 heavy (non-hydrogen) atoms. The zero-order chi connectivity index (χ0) is 33.4. The van der Waals surface area contributed by atoms with Gasteiger partial charge in [-0.3, -0.25) is 4.79 Å². The Morgan fingerprint density at radius 1 is 1.17 bits per heavy atom. The van der Waals surface area contributed by atoms with Crippen LogP contribution in [0.15, 0.2) is 42.6 Å². The fourth-order valence-electron chi connectivity index (χ4n) is 5.94. The van der Waals surface area contributed by atoms with Gasteiger partial charge >= 0.3 is 0 Å². The number of hydrogen-bond acceptors (Lipinski definition) is 9. The number of rotatable bonds is 10. The van der Waals surface area contributed by atoms with E-state index in [0.717, 1.165) is 55.6 Å². The second kappa shape index (κ2) is 13.0. The Balaban J connectivity index is 1.46. The number of hydrogen-bond donors (Lipinski definition) is 3. The number of nitrogens with one attached hydrogen (secondary N) is 3. The van der Waals surface area contributed by atoms with Crippen LogP contribution < -0.4 is 20.7 Å². The van der Waals surface area contributed by atoms with Crippen molar-refractivity contribution < 1.29 is 31.1 Å². The van der Waals surface area contributed by atoms with E-state index in [0.29, 0.717) is 13.3 Å². The zero-order valence-electron chi connectivity index (χ0n) is 26.3. The van der Waals surface area contributed by atoms with E-state index >= 15 is 4.39 Å². The summed E-state index contributed by atoms with van der Waals surface area (Å²) in [6, 6.07) is 8.18. The number of aromatic nitrogens is 2. The molecule has 2 heterocycles. The quantitative estimate of drug-likeness (QED) is 0.292. The molecule has 0 bridgehead atoms. The summed E-state index contributed by atoms with van der Waals surface area (Å²) in [6.07, 6.45) is 3.87. The lowest BCUT2D eigenvalue weighted by Gasteiger charge is -2.30. The molecule has 0 saturated carbocycles. The summed E-state index contributed by atoms with van der Waals surface area (Å²) in [5, 5.41) is 8.84. The molecular formula is C31H38F3N7O4S. The largest absolute Gasteiger partial charge is 0.494 e. The first-order valence-corrected chi connectivity index (χ1v) is 16.7. The number of halogens is 3. The Bertz CT molecular complexity index is 1710. The Morgan fingerprint density at radius 2 is 1.87 bits per heavy atom. The zero-order valence-corrected chi connectivity index (χ0v) is 27.1. The van der Waals surface area contributed by atoms with Crippen LogP contribution in [0.2, 0.25) is 0 Å². The smallest absolute Gasteiger partial charge is 0.275 e. The van der Waals surface area contributed by atoms with Crippen molar-refractivity contribution in [1.82, 2.24) is 24.5 Å². The number of fused-ring (bicyclic) bond motifs is 1. The molecule has 1 amide bonds. The predicted octanol–water partition coefficient (Wildman–Crippen LogP) is 4.27. The van der Waals surface area contributed by atoms with Crippen molar-refractivity contribution in [1.29, 1.82) is 0 Å². The highest BCUT2D eigenvalue weighted by atomic mass is 32.2. The van der Waals surface area contributed by atoms with Gasteiger partial charge in [0.15, 0.2) is 0 Å². The lowest BCUT2D eigenvalue weighted by atomic mass is 10.0. The summed E-state index contributed by atoms with van der Waals surface area (Å²) in [5.74, 6) is -5.04. The van der Waals surface area contributed by atoms with Crippen molar-refractivity contribution in [3.05, 3.63) is 70.7 Å². The number of likely N-dealkylation sites (tertiary alicyclic amines) is 1. The molecule has 3 N–H and O–H groups in total. The highest BCUT2D eigenvalue weighted by molar-refractivity contribution is 7.88. The van der Waals surface area contributed by atoms with Gasteiger partial charge in [0.05, 0.1) is 42.3 Å². The number of benzene rings is 2. The molecule has 2 aromatic carbocycles. The van der Waals surface area contributed by atoms with Gasteiger partial charge < -0.3 is 25.6 Å². The fourth-order valence-corrected chi connectivity index (χ4v) is 6.61. The highest BCUT2D eigenvalue weighted by Crippen LogP contribution is 2.40. The molecule has 2 atom stereocenters. The summed E-state index contributed by atoms with van der Waals surface area (Å²) in [5.41, 5.74) is 1.04. The number of methoxy groups -OCH3 is 1. The second-order valence-corrected chi connectivity index (χ2v) is 14.0. The number of sulfonamides is 1. The molecule has 3 aromatic rings. The van der Waals surface area contributed by atoms with Gasteiger partial charge in [0.2, 0.25) is 16.0 Å². The lowest BCUT2D eigenvalue weighted by Crippen LogP contribution is -2.43. The average molecular weight is 662 g/mol. The first kappa shape index (κ1) is 33.4. The number of anilines is 3. The third kappa shape index (κ3) is 7.21. The van der Waals surface area contributed by atoms with E-state index < -0.39 is 45.3 Å². The van der Waals surface area contributed by atoms with Crippen molar-refractivity contribution in [2.75, 3.05) is 51.2 Å². The van der Waals surface area contributed by atoms with Crippen LogP contribution in [0.4, 0.5) is 30.6 Å². The maximum absolute atomic E-state index is 15.0. The number of amides is 1. The highest BCUT2D eigenvalue weighted by Gasteiger charge is 2.40. The van der Waals surface area contributed by atoms with Crippen molar-refractivity contribution in [2.24, 2.45) is 0 Å². The van der Waals surface area contributed by atoms with Gasteiger partial charge in [-0.05, 0) is 56.6 Å². The van der Waals surface area contributed by atoms with Crippen LogP contribution in [0.3, 0.4) is 0 Å². The number of piperidine rings is 1. The Kier molecular flexibility index (Phi) is 9.47. The van der Waals surface area contributed by atoms with Crippen LogP contribution in [-0.4, -0.2) is 86.1 Å². The molecule has 15 heteroatoms. The standard InChI is InChI=1S/C31H38F3N7O4S/c1-31(33,34)22-17-35-30(39-28(22)37-25-14-18-8-6-7-9-20(18)27(25)41(3)46(5,43)44)38-24-15-21(23(32)16-26(24)45-4)29(42)36-19-10-12-40(2)13-11-19/h6-9,15-17,19,25,27H,10-14H2,1-5H3,(H,36,42)(H2,35,37,38,39). The van der Waals surface area contributed by atoms with Gasteiger partial charge in [-0.2, -0.15) is 9.29 Å². The average Bonchev–Trinajstić information content (AvgIpc) is 3.35. The second-order valence-electron chi connectivity index (χ2n) is 11.9. The van der Waals surface area contributed by atoms with Crippen LogP contribution in [0.5, 0.6) is 5.75 Å². The van der Waals surface area contributed by atoms with Crippen LogP contribution in [-0.2, 0) is 22.4 Å². The van der Waals surface area contributed by atoms with Gasteiger partial charge in [0.25, 0.3) is 11.8 Å². The molecule has 5 rings (SSSR count). The third-order valence-corrected chi connectivity index (χ3v) is 9.80. The Morgan fingerprint density at radius 3 is 2.52 bits per heavy atom. The van der Waals surface area contributed by atoms with Gasteiger partial charge in [-0.15, -0.1) is 0 Å². The van der Waals surface area contributed by atoms with E-state index in [1.54, 1.807) is 6.07 Å². The van der Waals surface area contributed by atoms with E-state index in [9.17, 15) is 22.0 Å². The number of nitrogens with zero attached hydrogens (tertiary/aromatic N) is 4. The topological polar surface area (TPSA) is 129 Å². The van der Waals surface area contributed by atoms with E-state index in [-0.39, 0.29) is 34.8 Å². The minimum Gasteiger partial charge on any atom is -0.494 e. The molecule has 2 aliphatic rings. The van der Waals surface area contributed by atoms with Crippen molar-refractivity contribution >= 4 is 33.4 Å². The molecule has 2 unspecified atom stereocenters. The van der Waals surface area contributed by atoms with Crippen LogP contribution in [0, 0.1) is 5.82 Å². The first-order valence-electron chi connectivity index (χ1n) is 14.8. The van der Waals surface area contributed by atoms with Crippen molar-refractivity contribution in [3.8, 4) is 5.75 Å². The molecule has 1 aliphatic carbocycles. The van der Waals surface area contributed by atoms with Crippen LogP contribution in [0.1, 0.15) is 52.9 Å². The van der Waals surface area contributed by atoms with Gasteiger partial charge in [0, 0.05) is 32.3 Å². The monoisotopic (exact) mass is 661 g/mol. The fraction of sp³-hybridized carbons (Fsp3) is 0.452. The van der Waals surface area contributed by atoms with Gasteiger partial charge in [0.1, 0.15) is 17.4 Å². The summed E-state index contributed by atoms with van der Waals surface area (Å²) >= 11 is 0. The summed E-state index contributed by atoms with van der Waals surface area (Å²) in [4.78, 5) is 23.6. The molecule has 1 aromatic heterocycles. The number of likely N-dealkylation sites (N-methyl/N-ethyl adjacent to an activating group) is 1. The maximum Gasteiger partial charge on any atom is 0.275 e. The van der Waals surface area contributed by atoms with Crippen LogP contribution in [0.25, 0.3) is 0 Å². The van der Waals surface area contributed by atoms with Crippen molar-refractivity contribution in [3.63, 3.8) is 0 Å². The number of ether oxygens (including phenoxy) is 1. The van der Waals surface area contributed by atoms with E-state index in [1.807, 2.05) is 25.2 Å². The molecule has 1 aliphatic heterocycles. The van der Waals surface area contributed by atoms with E-state index in [2.05, 4.69) is 30.8 Å². The Labute approximate surface area is 266 Å². The number of alkyl halides is 2. The van der Waals surface area contributed by atoms with Crippen LogP contribution >= 0.6 is 0 Å². The molecule has 1 fully saturated rings. The molecular weight excluding hydrogens is 623 g/mol. The van der Waals surface area contributed by atoms with Crippen molar-refractivity contribution in [2.45, 2.75) is 50.2 Å². The minimum atomic E-state index is -3.66. The molecule has 1 saturated heterocycles. The molecule has 0 spiro atoms. The molecule has 11 nitrogen and oxygen atoms in total. The minimum absolute atomic E-state index is 0.0393. The third-order valence-electron chi connectivity index (χ3n) is 8.53. The van der Waals surface area contributed by atoms with Gasteiger partial charge in [-0.25, -0.2) is 26.6 Å². The van der Waals surface area contributed by atoms with Gasteiger partial charge in [-0.1, -0.05) is 24.3 Å². The lowest BCUT2D eigenvalue weighted by molar-refractivity contribution is 0.0175. The summed E-state index contributed by atoms with van der Waals surface area (Å²) in [7, 11) is 1.11.